The summed E-state index contributed by atoms with van der Waals surface area (Å²) in [5, 5.41) is 0. The van der Waals surface area contributed by atoms with Crippen LogP contribution in [0.1, 0.15) is 238 Å². The van der Waals surface area contributed by atoms with Crippen LogP contribution < -0.4 is 10.6 Å². The molecule has 0 amide bonds. The first kappa shape index (κ1) is 49.0. The predicted octanol–water partition coefficient (Wildman–Crippen LogP) is 16.7. The molecule has 4 rings (SSSR count). The molecule has 0 aromatic heterocycles. The topological polar surface area (TPSA) is 32.3 Å². The maximum absolute atomic E-state index is 6.17. The molecule has 0 radical (unpaired) electrons. The predicted molar refractivity (Wildman–Crippen MR) is 262 cm³/mol. The third kappa shape index (κ3) is 15.3. The second-order valence-corrected chi connectivity index (χ2v) is 19.6. The third-order valence-corrected chi connectivity index (χ3v) is 14.0. The van der Waals surface area contributed by atoms with E-state index < -0.39 is 0 Å². The summed E-state index contributed by atoms with van der Waals surface area (Å²) in [4.78, 5) is 2.64. The van der Waals surface area contributed by atoms with Gasteiger partial charge in [-0.25, -0.2) is 0 Å². The lowest BCUT2D eigenvalue weighted by molar-refractivity contribution is -0.438. The van der Waals surface area contributed by atoms with E-state index in [1.54, 1.807) is 0 Å². The van der Waals surface area contributed by atoms with Crippen molar-refractivity contribution in [1.29, 1.82) is 0 Å². The average Bonchev–Trinajstić information content (AvgIpc) is 3.58. The molecular weight excluding hydrogens is 715 g/mol. The van der Waals surface area contributed by atoms with Gasteiger partial charge < -0.3 is 10.6 Å². The molecule has 3 nitrogen and oxygen atoms in total. The van der Waals surface area contributed by atoms with Crippen molar-refractivity contribution in [3.8, 4) is 0 Å². The fraction of sp³-hybridized carbons (Fsp3) is 0.696. The van der Waals surface area contributed by atoms with Crippen LogP contribution in [0.4, 0.5) is 11.4 Å². The summed E-state index contributed by atoms with van der Waals surface area (Å²) < 4.78 is 2.65. The highest BCUT2D eigenvalue weighted by atomic mass is 15.2. The smallest absolute Gasteiger partial charge is 0.209 e. The van der Waals surface area contributed by atoms with Gasteiger partial charge in [-0.05, 0) is 50.0 Å². The molecule has 0 saturated heterocycles. The molecule has 330 valence electrons. The molecule has 2 aromatic rings. The molecule has 0 bridgehead atoms. The molecule has 0 unspecified atom stereocenters. The summed E-state index contributed by atoms with van der Waals surface area (Å²) in [6, 6.07) is 16.1. The lowest BCUT2D eigenvalue weighted by Gasteiger charge is -2.27. The lowest BCUT2D eigenvalue weighted by atomic mass is 9.81. The normalized spacial score (nSPS) is 16.3. The van der Waals surface area contributed by atoms with E-state index in [0.717, 1.165) is 13.1 Å². The SMILES string of the molecule is CCCCCCCCCCCCCCCCN1/C(=C\C=C\C2=[N+](CCCCCCCCCCCCCCCC)c3ccccc3C2(C)C)C(C)(C)c2cc(CN)ccc21. The van der Waals surface area contributed by atoms with Crippen LogP contribution in [0.25, 0.3) is 0 Å². The van der Waals surface area contributed by atoms with Gasteiger partial charge in [0.25, 0.3) is 0 Å². The first-order valence-electron chi connectivity index (χ1n) is 25.5. The van der Waals surface area contributed by atoms with E-state index in [9.17, 15) is 0 Å². The number of nitrogens with two attached hydrogens (primary N) is 1. The molecule has 0 fully saturated rings. The number of hydrogen-bond donors (Lipinski definition) is 1. The molecule has 2 aromatic carbocycles. The van der Waals surface area contributed by atoms with Crippen LogP contribution >= 0.6 is 0 Å². The highest BCUT2D eigenvalue weighted by Crippen LogP contribution is 2.48. The van der Waals surface area contributed by atoms with Crippen molar-refractivity contribution in [3.05, 3.63) is 83.1 Å². The Labute approximate surface area is 365 Å². The molecule has 59 heavy (non-hydrogen) atoms. The van der Waals surface area contributed by atoms with Crippen LogP contribution in [0.3, 0.4) is 0 Å². The molecule has 0 saturated carbocycles. The summed E-state index contributed by atoms with van der Waals surface area (Å²) in [6.45, 7) is 17.1. The summed E-state index contributed by atoms with van der Waals surface area (Å²) >= 11 is 0. The minimum absolute atomic E-state index is 0.0281. The number of rotatable bonds is 33. The monoisotopic (exact) mass is 807 g/mol. The summed E-state index contributed by atoms with van der Waals surface area (Å²) in [5.74, 6) is 0. The second-order valence-electron chi connectivity index (χ2n) is 19.6. The van der Waals surface area contributed by atoms with E-state index in [1.807, 2.05) is 0 Å². The minimum Gasteiger partial charge on any atom is -0.344 e. The molecule has 0 aliphatic carbocycles. The number of unbranched alkanes of at least 4 members (excludes halogenated alkanes) is 26. The number of hydrogen-bond acceptors (Lipinski definition) is 2. The van der Waals surface area contributed by atoms with E-state index in [0.29, 0.717) is 6.54 Å². The average molecular weight is 807 g/mol. The van der Waals surface area contributed by atoms with Crippen molar-refractivity contribution in [2.75, 3.05) is 18.0 Å². The molecule has 2 N–H and O–H groups in total. The van der Waals surface area contributed by atoms with Gasteiger partial charge in [-0.2, -0.15) is 4.58 Å². The van der Waals surface area contributed by atoms with Crippen LogP contribution in [0.5, 0.6) is 0 Å². The van der Waals surface area contributed by atoms with E-state index in [-0.39, 0.29) is 10.8 Å². The number of fused-ring (bicyclic) bond motifs is 2. The Morgan fingerprint density at radius 1 is 0.542 bits per heavy atom. The Bertz CT molecular complexity index is 1560. The molecule has 0 atom stereocenters. The van der Waals surface area contributed by atoms with Crippen molar-refractivity contribution >= 4 is 17.1 Å². The van der Waals surface area contributed by atoms with Crippen LogP contribution in [0, 0.1) is 0 Å². The highest BCUT2D eigenvalue weighted by molar-refractivity contribution is 6.03. The van der Waals surface area contributed by atoms with Gasteiger partial charge in [0, 0.05) is 54.0 Å². The Morgan fingerprint density at radius 3 is 1.53 bits per heavy atom. The fourth-order valence-electron chi connectivity index (χ4n) is 10.1. The molecule has 0 spiro atoms. The zero-order valence-corrected chi connectivity index (χ0v) is 39.7. The number of anilines is 1. The summed E-state index contributed by atoms with van der Waals surface area (Å²) in [6.07, 6.45) is 46.4. The first-order valence-corrected chi connectivity index (χ1v) is 25.5. The maximum Gasteiger partial charge on any atom is 0.209 e. The van der Waals surface area contributed by atoms with Gasteiger partial charge in [0.15, 0.2) is 5.71 Å². The zero-order chi connectivity index (χ0) is 42.2. The van der Waals surface area contributed by atoms with Gasteiger partial charge in [-0.1, -0.05) is 225 Å². The van der Waals surface area contributed by atoms with Gasteiger partial charge >= 0.3 is 0 Å². The zero-order valence-electron chi connectivity index (χ0n) is 39.7. The van der Waals surface area contributed by atoms with E-state index in [2.05, 4.69) is 112 Å². The standard InChI is InChI=1S/C56H92N3/c1-7-9-11-13-15-17-19-21-23-25-27-29-31-35-44-58-51-39-34-33-38-49(51)55(3,4)53(58)40-37-41-54-56(5,6)50-46-48(47-57)42-43-52(50)59(54)45-36-32-30-28-26-24-22-20-18-16-14-12-10-8-2/h33-34,37-43,46H,7-32,35-36,44-45,47,57H2,1-6H3/q+1. The number of benzene rings is 2. The lowest BCUT2D eigenvalue weighted by Crippen LogP contribution is -2.28. The Kier molecular flexibility index (Phi) is 22.7. The Morgan fingerprint density at radius 2 is 1.02 bits per heavy atom. The minimum atomic E-state index is -0.0758. The summed E-state index contributed by atoms with van der Waals surface area (Å²) in [7, 11) is 0. The van der Waals surface area contributed by atoms with Crippen molar-refractivity contribution in [2.45, 2.75) is 239 Å². The summed E-state index contributed by atoms with van der Waals surface area (Å²) in [5.41, 5.74) is 15.8. The van der Waals surface area contributed by atoms with Crippen LogP contribution in [-0.4, -0.2) is 23.4 Å². The number of para-hydroxylation sites is 1. The number of allylic oxidation sites excluding steroid dienone is 4. The maximum atomic E-state index is 6.17. The Hall–Kier alpha value is -2.65. The van der Waals surface area contributed by atoms with Crippen LogP contribution in [0.15, 0.2) is 66.4 Å². The van der Waals surface area contributed by atoms with Gasteiger partial charge in [-0.3, -0.25) is 0 Å². The van der Waals surface area contributed by atoms with E-state index in [1.165, 1.54) is 219 Å². The molecule has 2 aliphatic heterocycles. The molecule has 2 heterocycles. The van der Waals surface area contributed by atoms with Gasteiger partial charge in [0.05, 0.1) is 5.41 Å². The quantitative estimate of drug-likeness (QED) is 0.0575. The molecule has 3 heteroatoms. The van der Waals surface area contributed by atoms with Crippen LogP contribution in [-0.2, 0) is 17.4 Å². The second kappa shape index (κ2) is 27.3. The van der Waals surface area contributed by atoms with Crippen molar-refractivity contribution in [3.63, 3.8) is 0 Å². The van der Waals surface area contributed by atoms with Crippen molar-refractivity contribution in [2.24, 2.45) is 5.73 Å². The molecular formula is C56H92N3+. The number of nitrogens with zero attached hydrogens (tertiary/aromatic N) is 2. The van der Waals surface area contributed by atoms with Crippen LogP contribution in [0.2, 0.25) is 0 Å². The van der Waals surface area contributed by atoms with Gasteiger partial charge in [-0.15, -0.1) is 0 Å². The van der Waals surface area contributed by atoms with Crippen molar-refractivity contribution < 1.29 is 4.58 Å². The van der Waals surface area contributed by atoms with E-state index in [4.69, 9.17) is 5.73 Å². The largest absolute Gasteiger partial charge is 0.344 e. The Balaban J connectivity index is 1.33. The third-order valence-electron chi connectivity index (χ3n) is 14.0. The molecule has 2 aliphatic rings. The fourth-order valence-corrected chi connectivity index (χ4v) is 10.1. The van der Waals surface area contributed by atoms with E-state index >= 15 is 0 Å². The van der Waals surface area contributed by atoms with Gasteiger partial charge in [0.2, 0.25) is 5.69 Å². The highest BCUT2D eigenvalue weighted by Gasteiger charge is 2.44. The van der Waals surface area contributed by atoms with Crippen molar-refractivity contribution in [1.82, 2.24) is 0 Å². The first-order chi connectivity index (χ1) is 28.8. The van der Waals surface area contributed by atoms with Gasteiger partial charge in [0.1, 0.15) is 6.54 Å².